The minimum absolute atomic E-state index is 0.264. The van der Waals surface area contributed by atoms with Gasteiger partial charge in [0.15, 0.2) is 12.1 Å². The van der Waals surface area contributed by atoms with Crippen LogP contribution in [0.1, 0.15) is 46.9 Å². The maximum atomic E-state index is 12.6. The lowest BCUT2D eigenvalue weighted by molar-refractivity contribution is 0.102. The van der Waals surface area contributed by atoms with Crippen LogP contribution >= 0.6 is 0 Å². The molecule has 1 saturated heterocycles. The minimum Gasteiger partial charge on any atom is -0.491 e. The van der Waals surface area contributed by atoms with Crippen LogP contribution in [0.2, 0.25) is 0 Å². The second kappa shape index (κ2) is 9.26. The fourth-order valence-corrected chi connectivity index (χ4v) is 3.88. The molecule has 31 heavy (non-hydrogen) atoms. The summed E-state index contributed by atoms with van der Waals surface area (Å²) in [6.45, 7) is 7.21. The van der Waals surface area contributed by atoms with Gasteiger partial charge in [-0.25, -0.2) is 15.0 Å². The van der Waals surface area contributed by atoms with Crippen molar-refractivity contribution in [2.45, 2.75) is 46.1 Å². The Hall–Kier alpha value is -3.26. The monoisotopic (exact) mass is 421 g/mol. The van der Waals surface area contributed by atoms with Crippen LogP contribution in [0.25, 0.3) is 11.1 Å². The van der Waals surface area contributed by atoms with Crippen molar-refractivity contribution in [1.29, 1.82) is 0 Å². The van der Waals surface area contributed by atoms with Crippen molar-refractivity contribution in [2.75, 3.05) is 18.5 Å². The van der Waals surface area contributed by atoms with E-state index in [9.17, 15) is 4.79 Å². The van der Waals surface area contributed by atoms with Crippen LogP contribution in [-0.4, -0.2) is 40.1 Å². The zero-order valence-corrected chi connectivity index (χ0v) is 18.1. The highest BCUT2D eigenvalue weighted by Crippen LogP contribution is 2.36. The first-order valence-corrected chi connectivity index (χ1v) is 10.5. The van der Waals surface area contributed by atoms with Crippen molar-refractivity contribution in [3.63, 3.8) is 0 Å². The molecule has 1 atom stereocenters. The van der Waals surface area contributed by atoms with Crippen LogP contribution in [-0.2, 0) is 0 Å². The molecule has 3 aromatic rings. The number of hydrogen-bond acceptors (Lipinski definition) is 7. The Labute approximate surface area is 181 Å². The van der Waals surface area contributed by atoms with E-state index in [2.05, 4.69) is 25.6 Å². The van der Waals surface area contributed by atoms with Crippen molar-refractivity contribution >= 4 is 11.6 Å². The first kappa shape index (κ1) is 21.0. The Morgan fingerprint density at radius 1 is 1.19 bits per heavy atom. The van der Waals surface area contributed by atoms with Gasteiger partial charge in [0.2, 0.25) is 0 Å². The molecule has 1 fully saturated rings. The van der Waals surface area contributed by atoms with Gasteiger partial charge < -0.3 is 19.8 Å². The lowest BCUT2D eigenvalue weighted by Gasteiger charge is -2.24. The average Bonchev–Trinajstić information content (AvgIpc) is 3.20. The zero-order chi connectivity index (χ0) is 21.8. The first-order valence-electron chi connectivity index (χ1n) is 10.5. The molecule has 4 rings (SSSR count). The van der Waals surface area contributed by atoms with Gasteiger partial charge in [0, 0.05) is 34.2 Å². The maximum absolute atomic E-state index is 12.6. The highest BCUT2D eigenvalue weighted by Gasteiger charge is 2.19. The Bertz CT molecular complexity index is 1050. The summed E-state index contributed by atoms with van der Waals surface area (Å²) in [6, 6.07) is 5.95. The molecule has 8 nitrogen and oxygen atoms in total. The summed E-state index contributed by atoms with van der Waals surface area (Å²) in [4.78, 5) is 25.3. The second-order valence-corrected chi connectivity index (χ2v) is 7.80. The molecule has 162 valence electrons. The van der Waals surface area contributed by atoms with Crippen molar-refractivity contribution in [2.24, 2.45) is 0 Å². The highest BCUT2D eigenvalue weighted by atomic mass is 16.5. The summed E-state index contributed by atoms with van der Waals surface area (Å²) < 4.78 is 11.4. The summed E-state index contributed by atoms with van der Waals surface area (Å²) in [5, 5.41) is 6.40. The molecule has 3 heterocycles. The quantitative estimate of drug-likeness (QED) is 0.623. The molecule has 0 bridgehead atoms. The number of nitrogens with zero attached hydrogens (tertiary/aromatic N) is 3. The van der Waals surface area contributed by atoms with Crippen LogP contribution in [0.15, 0.2) is 35.3 Å². The Morgan fingerprint density at radius 3 is 2.68 bits per heavy atom. The van der Waals surface area contributed by atoms with Crippen molar-refractivity contribution in [3.8, 4) is 16.9 Å². The first-order chi connectivity index (χ1) is 15.0. The van der Waals surface area contributed by atoms with Gasteiger partial charge in [-0.15, -0.1) is 0 Å². The molecule has 0 unspecified atom stereocenters. The second-order valence-electron chi connectivity index (χ2n) is 7.80. The van der Waals surface area contributed by atoms with E-state index in [0.29, 0.717) is 24.1 Å². The van der Waals surface area contributed by atoms with Crippen LogP contribution < -0.4 is 15.4 Å². The number of oxazole rings is 1. The molecule has 0 radical (unpaired) electrons. The van der Waals surface area contributed by atoms with Crippen LogP contribution in [0.5, 0.6) is 5.75 Å². The third-order valence-corrected chi connectivity index (χ3v) is 5.55. The Kier molecular flexibility index (Phi) is 6.27. The molecule has 0 spiro atoms. The minimum atomic E-state index is -0.324. The Balaban J connectivity index is 1.64. The molecule has 1 aliphatic rings. The molecule has 8 heteroatoms. The van der Waals surface area contributed by atoms with Gasteiger partial charge in [-0.3, -0.25) is 4.79 Å². The van der Waals surface area contributed by atoms with Crippen molar-refractivity contribution in [3.05, 3.63) is 53.8 Å². The van der Waals surface area contributed by atoms with Gasteiger partial charge in [0.05, 0.1) is 0 Å². The smallest absolute Gasteiger partial charge is 0.277 e. The third kappa shape index (κ3) is 4.74. The van der Waals surface area contributed by atoms with Gasteiger partial charge in [-0.2, -0.15) is 0 Å². The van der Waals surface area contributed by atoms with Gasteiger partial charge >= 0.3 is 0 Å². The maximum Gasteiger partial charge on any atom is 0.277 e. The number of amides is 1. The lowest BCUT2D eigenvalue weighted by atomic mass is 10.0. The number of nitrogens with one attached hydrogen (secondary N) is 2. The summed E-state index contributed by atoms with van der Waals surface area (Å²) in [7, 11) is 0. The van der Waals surface area contributed by atoms with Gasteiger partial charge in [-0.05, 0) is 58.4 Å². The number of hydrogen-bond donors (Lipinski definition) is 2. The van der Waals surface area contributed by atoms with E-state index in [4.69, 9.17) is 9.15 Å². The lowest BCUT2D eigenvalue weighted by Crippen LogP contribution is -2.38. The molecule has 1 aromatic carbocycles. The van der Waals surface area contributed by atoms with Crippen molar-refractivity contribution in [1.82, 2.24) is 20.3 Å². The van der Waals surface area contributed by atoms with E-state index in [1.54, 1.807) is 13.3 Å². The number of aromatic nitrogens is 3. The number of carbonyl (C=O) groups is 1. The Morgan fingerprint density at radius 2 is 2.00 bits per heavy atom. The number of ether oxygens (including phenoxy) is 1. The molecular weight excluding hydrogens is 394 g/mol. The number of aryl methyl sites for hydroxylation is 3. The molecule has 2 aromatic heterocycles. The van der Waals surface area contributed by atoms with E-state index in [1.807, 2.05) is 32.0 Å². The SMILES string of the molecule is Cc1ncnc(C)c1-c1cc(NC(=O)c2ncoc2C)ccc1OC[C@H]1CCCCN1. The number of carbonyl (C=O) groups excluding carboxylic acids is 1. The topological polar surface area (TPSA) is 102 Å². The van der Waals surface area contributed by atoms with Crippen LogP contribution in [0.3, 0.4) is 0 Å². The summed E-state index contributed by atoms with van der Waals surface area (Å²) in [5.74, 6) is 0.889. The van der Waals surface area contributed by atoms with E-state index < -0.39 is 0 Å². The number of benzene rings is 1. The van der Waals surface area contributed by atoms with E-state index in [-0.39, 0.29) is 11.6 Å². The molecule has 1 aliphatic heterocycles. The van der Waals surface area contributed by atoms with Crippen LogP contribution in [0, 0.1) is 20.8 Å². The number of piperidine rings is 1. The molecule has 2 N–H and O–H groups in total. The predicted molar refractivity (Wildman–Crippen MR) is 117 cm³/mol. The average molecular weight is 422 g/mol. The third-order valence-electron chi connectivity index (χ3n) is 5.55. The van der Waals surface area contributed by atoms with Gasteiger partial charge in [-0.1, -0.05) is 6.42 Å². The normalized spacial score (nSPS) is 16.2. The standard InChI is InChI=1S/C23H27N5O3/c1-14-21(15(2)26-12-25-14)19-10-17(28-23(29)22-16(3)31-13-27-22)7-8-20(19)30-11-18-6-4-5-9-24-18/h7-8,10,12-13,18,24H,4-6,9,11H2,1-3H3,(H,28,29)/t18-/m1/s1. The number of rotatable bonds is 6. The fourth-order valence-electron chi connectivity index (χ4n) is 3.88. The van der Waals surface area contributed by atoms with E-state index in [1.165, 1.54) is 19.2 Å². The predicted octanol–water partition coefficient (Wildman–Crippen LogP) is 3.83. The van der Waals surface area contributed by atoms with E-state index in [0.717, 1.165) is 41.2 Å². The largest absolute Gasteiger partial charge is 0.491 e. The highest BCUT2D eigenvalue weighted by molar-refractivity contribution is 6.03. The fraction of sp³-hybridized carbons (Fsp3) is 0.391. The van der Waals surface area contributed by atoms with Crippen molar-refractivity contribution < 1.29 is 13.9 Å². The van der Waals surface area contributed by atoms with Gasteiger partial charge in [0.1, 0.15) is 24.4 Å². The molecule has 0 aliphatic carbocycles. The van der Waals surface area contributed by atoms with Gasteiger partial charge in [0.25, 0.3) is 5.91 Å². The summed E-state index contributed by atoms with van der Waals surface area (Å²) >= 11 is 0. The van der Waals surface area contributed by atoms with Crippen LogP contribution in [0.4, 0.5) is 5.69 Å². The molecule has 0 saturated carbocycles. The zero-order valence-electron chi connectivity index (χ0n) is 18.1. The molecular formula is C23H27N5O3. The number of anilines is 1. The summed E-state index contributed by atoms with van der Waals surface area (Å²) in [5.41, 5.74) is 4.35. The summed E-state index contributed by atoms with van der Waals surface area (Å²) in [6.07, 6.45) is 6.35. The molecule has 1 amide bonds. The van der Waals surface area contributed by atoms with E-state index >= 15 is 0 Å².